The van der Waals surface area contributed by atoms with Gasteiger partial charge >= 0.3 is 0 Å². The highest BCUT2D eigenvalue weighted by molar-refractivity contribution is 6.00. The number of aryl methyl sites for hydroxylation is 2. The van der Waals surface area contributed by atoms with Crippen molar-refractivity contribution >= 4 is 17.4 Å². The van der Waals surface area contributed by atoms with Gasteiger partial charge in [-0.2, -0.15) is 0 Å². The van der Waals surface area contributed by atoms with Gasteiger partial charge in [-0.05, 0) is 50.6 Å². The number of ether oxygens (including phenoxy) is 1. The van der Waals surface area contributed by atoms with Gasteiger partial charge in [0.2, 0.25) is 5.91 Å². The number of anilines is 1. The fraction of sp³-hybridized carbons (Fsp3) is 0.300. The quantitative estimate of drug-likeness (QED) is 0.772. The van der Waals surface area contributed by atoms with Crippen LogP contribution < -0.4 is 10.1 Å². The number of nitrogens with one attached hydrogen (secondary N) is 1. The first-order valence-corrected chi connectivity index (χ1v) is 8.12. The number of hydrogen-bond donors (Lipinski definition) is 1. The smallest absolute Gasteiger partial charge is 0.224 e. The van der Waals surface area contributed by atoms with E-state index in [2.05, 4.69) is 5.32 Å². The summed E-state index contributed by atoms with van der Waals surface area (Å²) in [5, 5.41) is 2.80. The van der Waals surface area contributed by atoms with E-state index in [4.69, 9.17) is 4.74 Å². The molecule has 0 radical (unpaired) electrons. The van der Waals surface area contributed by atoms with E-state index in [1.54, 1.807) is 24.3 Å². The van der Waals surface area contributed by atoms with Crippen LogP contribution in [0.1, 0.15) is 41.3 Å². The first kappa shape index (κ1) is 17.7. The van der Waals surface area contributed by atoms with Gasteiger partial charge in [-0.25, -0.2) is 0 Å². The molecule has 4 heteroatoms. The summed E-state index contributed by atoms with van der Waals surface area (Å²) < 4.78 is 5.36. The Labute approximate surface area is 142 Å². The van der Waals surface area contributed by atoms with Crippen LogP contribution in [0.4, 0.5) is 5.69 Å². The van der Waals surface area contributed by atoms with Gasteiger partial charge in [0, 0.05) is 24.1 Å². The number of rotatable bonds is 7. The Morgan fingerprint density at radius 1 is 1.00 bits per heavy atom. The predicted molar refractivity (Wildman–Crippen MR) is 95.7 cm³/mol. The minimum absolute atomic E-state index is 0.00524. The second-order valence-electron chi connectivity index (χ2n) is 5.75. The van der Waals surface area contributed by atoms with E-state index in [0.29, 0.717) is 17.9 Å². The third-order valence-electron chi connectivity index (χ3n) is 3.71. The first-order chi connectivity index (χ1) is 11.5. The highest BCUT2D eigenvalue weighted by atomic mass is 16.5. The summed E-state index contributed by atoms with van der Waals surface area (Å²) in [6.07, 6.45) is 0.367. The molecule has 0 aliphatic carbocycles. The lowest BCUT2D eigenvalue weighted by Crippen LogP contribution is -2.14. The molecule has 2 aromatic rings. The zero-order valence-electron chi connectivity index (χ0n) is 14.4. The van der Waals surface area contributed by atoms with E-state index in [0.717, 1.165) is 16.9 Å². The van der Waals surface area contributed by atoms with E-state index in [-0.39, 0.29) is 24.5 Å². The van der Waals surface area contributed by atoms with Crippen LogP contribution in [0, 0.1) is 13.8 Å². The average molecular weight is 325 g/mol. The molecule has 2 rings (SSSR count). The number of hydrogen-bond acceptors (Lipinski definition) is 3. The second kappa shape index (κ2) is 8.29. The zero-order valence-corrected chi connectivity index (χ0v) is 14.4. The fourth-order valence-corrected chi connectivity index (χ4v) is 2.51. The summed E-state index contributed by atoms with van der Waals surface area (Å²) in [4.78, 5) is 24.3. The van der Waals surface area contributed by atoms with Crippen LogP contribution in [-0.2, 0) is 4.79 Å². The maximum Gasteiger partial charge on any atom is 0.224 e. The number of amides is 1. The number of Topliss-reactive ketones (excluding diaryl/α,β-unsaturated/α-hetero) is 1. The van der Waals surface area contributed by atoms with Gasteiger partial charge in [0.25, 0.3) is 0 Å². The van der Waals surface area contributed by atoms with Crippen LogP contribution in [0.3, 0.4) is 0 Å². The third kappa shape index (κ3) is 4.95. The van der Waals surface area contributed by atoms with E-state index >= 15 is 0 Å². The lowest BCUT2D eigenvalue weighted by atomic mass is 9.99. The standard InChI is InChI=1S/C20H23NO3/c1-4-24-17-8-6-16(7-9-17)21-20(23)12-11-19(22)18-10-5-14(2)13-15(18)3/h5-10,13H,4,11-12H2,1-3H3,(H,21,23). The Morgan fingerprint density at radius 2 is 1.71 bits per heavy atom. The van der Waals surface area contributed by atoms with Gasteiger partial charge in [-0.15, -0.1) is 0 Å². The fourth-order valence-electron chi connectivity index (χ4n) is 2.51. The number of benzene rings is 2. The minimum Gasteiger partial charge on any atom is -0.494 e. The highest BCUT2D eigenvalue weighted by Crippen LogP contribution is 2.17. The van der Waals surface area contributed by atoms with Crippen molar-refractivity contribution in [1.82, 2.24) is 0 Å². The molecule has 0 unspecified atom stereocenters. The van der Waals surface area contributed by atoms with Crippen molar-refractivity contribution in [1.29, 1.82) is 0 Å². The van der Waals surface area contributed by atoms with Gasteiger partial charge < -0.3 is 10.1 Å². The molecular formula is C20H23NO3. The lowest BCUT2D eigenvalue weighted by molar-refractivity contribution is -0.116. The molecule has 0 bridgehead atoms. The van der Waals surface area contributed by atoms with Crippen molar-refractivity contribution in [2.45, 2.75) is 33.6 Å². The molecule has 0 spiro atoms. The molecule has 0 saturated carbocycles. The molecule has 0 aromatic heterocycles. The molecule has 4 nitrogen and oxygen atoms in total. The molecule has 0 heterocycles. The van der Waals surface area contributed by atoms with Crippen LogP contribution in [0.5, 0.6) is 5.75 Å². The first-order valence-electron chi connectivity index (χ1n) is 8.12. The average Bonchev–Trinajstić information content (AvgIpc) is 2.55. The summed E-state index contributed by atoms with van der Waals surface area (Å²) in [5.74, 6) is 0.590. The monoisotopic (exact) mass is 325 g/mol. The molecule has 0 saturated heterocycles. The maximum atomic E-state index is 12.3. The third-order valence-corrected chi connectivity index (χ3v) is 3.71. The topological polar surface area (TPSA) is 55.4 Å². The van der Waals surface area contributed by atoms with Gasteiger partial charge in [-0.3, -0.25) is 9.59 Å². The normalized spacial score (nSPS) is 10.3. The summed E-state index contributed by atoms with van der Waals surface area (Å²) in [7, 11) is 0. The van der Waals surface area contributed by atoms with Crippen LogP contribution in [0.2, 0.25) is 0 Å². The van der Waals surface area contributed by atoms with Crippen LogP contribution in [-0.4, -0.2) is 18.3 Å². The Morgan fingerprint density at radius 3 is 2.33 bits per heavy atom. The molecular weight excluding hydrogens is 302 g/mol. The molecule has 0 fully saturated rings. The molecule has 24 heavy (non-hydrogen) atoms. The second-order valence-corrected chi connectivity index (χ2v) is 5.75. The Balaban J connectivity index is 1.87. The molecule has 1 N–H and O–H groups in total. The van der Waals surface area contributed by atoms with Gasteiger partial charge in [0.1, 0.15) is 5.75 Å². The van der Waals surface area contributed by atoms with Gasteiger partial charge in [0.15, 0.2) is 5.78 Å². The van der Waals surface area contributed by atoms with Crippen molar-refractivity contribution in [2.24, 2.45) is 0 Å². The van der Waals surface area contributed by atoms with Gasteiger partial charge in [0.05, 0.1) is 6.61 Å². The summed E-state index contributed by atoms with van der Waals surface area (Å²) in [6, 6.07) is 12.9. The number of carbonyl (C=O) groups excluding carboxylic acids is 2. The lowest BCUT2D eigenvalue weighted by Gasteiger charge is -2.08. The molecule has 0 aliphatic rings. The van der Waals surface area contributed by atoms with Crippen molar-refractivity contribution in [2.75, 3.05) is 11.9 Å². The van der Waals surface area contributed by atoms with Crippen LogP contribution >= 0.6 is 0 Å². The van der Waals surface area contributed by atoms with Crippen molar-refractivity contribution in [3.8, 4) is 5.75 Å². The number of carbonyl (C=O) groups is 2. The Bertz CT molecular complexity index is 720. The summed E-state index contributed by atoms with van der Waals surface area (Å²) in [5.41, 5.74) is 3.46. The molecule has 0 atom stereocenters. The molecule has 126 valence electrons. The summed E-state index contributed by atoms with van der Waals surface area (Å²) >= 11 is 0. The minimum atomic E-state index is -0.169. The largest absolute Gasteiger partial charge is 0.494 e. The molecule has 1 amide bonds. The zero-order chi connectivity index (χ0) is 17.5. The van der Waals surface area contributed by atoms with Crippen molar-refractivity contribution < 1.29 is 14.3 Å². The maximum absolute atomic E-state index is 12.3. The van der Waals surface area contributed by atoms with Crippen LogP contribution in [0.15, 0.2) is 42.5 Å². The van der Waals surface area contributed by atoms with Crippen molar-refractivity contribution in [3.05, 3.63) is 59.2 Å². The van der Waals surface area contributed by atoms with Crippen molar-refractivity contribution in [3.63, 3.8) is 0 Å². The predicted octanol–water partition coefficient (Wildman–Crippen LogP) is 4.30. The molecule has 2 aromatic carbocycles. The van der Waals surface area contributed by atoms with E-state index in [1.807, 2.05) is 39.0 Å². The summed E-state index contributed by atoms with van der Waals surface area (Å²) in [6.45, 7) is 6.43. The van der Waals surface area contributed by atoms with E-state index in [1.165, 1.54) is 0 Å². The SMILES string of the molecule is CCOc1ccc(NC(=O)CCC(=O)c2ccc(C)cc2C)cc1. The van der Waals surface area contributed by atoms with Gasteiger partial charge in [-0.1, -0.05) is 23.8 Å². The van der Waals surface area contributed by atoms with E-state index in [9.17, 15) is 9.59 Å². The number of ketones is 1. The Hall–Kier alpha value is -2.62. The Kier molecular flexibility index (Phi) is 6.13. The molecule has 0 aliphatic heterocycles. The van der Waals surface area contributed by atoms with Crippen LogP contribution in [0.25, 0.3) is 0 Å². The highest BCUT2D eigenvalue weighted by Gasteiger charge is 2.12. The van der Waals surface area contributed by atoms with E-state index < -0.39 is 0 Å².